The third-order valence-corrected chi connectivity index (χ3v) is 6.54. The first-order chi connectivity index (χ1) is 7.59. The molecule has 4 N–H and O–H groups in total. The molecule has 1 aliphatic rings. The van der Waals surface area contributed by atoms with Crippen LogP contribution in [0.15, 0.2) is 0 Å². The van der Waals surface area contributed by atoms with Gasteiger partial charge in [0.1, 0.15) is 0 Å². The van der Waals surface area contributed by atoms with E-state index in [9.17, 15) is 28.7 Å². The lowest BCUT2D eigenvalue weighted by molar-refractivity contribution is 0.289. The van der Waals surface area contributed by atoms with Gasteiger partial charge in [0.05, 0.1) is 11.3 Å². The van der Waals surface area contributed by atoms with E-state index in [0.717, 1.165) is 13.1 Å². The number of hydrogen-bond acceptors (Lipinski definition) is 3. The molecule has 0 aromatic rings. The van der Waals surface area contributed by atoms with Crippen LogP contribution in [0.2, 0.25) is 0 Å². The summed E-state index contributed by atoms with van der Waals surface area (Å²) in [6.07, 6.45) is 0.0399. The molecule has 1 rings (SSSR count). The first kappa shape index (κ1) is 15.3. The minimum Gasteiger partial charge on any atom is -0.324 e. The van der Waals surface area contributed by atoms with Crippen LogP contribution >= 0.6 is 15.2 Å². The highest BCUT2D eigenvalue weighted by molar-refractivity contribution is 7.57. The van der Waals surface area contributed by atoms with E-state index in [0.29, 0.717) is 0 Å². The van der Waals surface area contributed by atoms with Crippen LogP contribution in [0.25, 0.3) is 0 Å². The van der Waals surface area contributed by atoms with Crippen LogP contribution in [-0.2, 0) is 9.13 Å². The van der Waals surface area contributed by atoms with Gasteiger partial charge in [0, 0.05) is 19.1 Å². The zero-order valence-electron chi connectivity index (χ0n) is 9.80. The Labute approximate surface area is 100 Å². The fourth-order valence-corrected chi connectivity index (χ4v) is 5.76. The smallest absolute Gasteiger partial charge is 0.324 e. The van der Waals surface area contributed by atoms with Gasteiger partial charge in [-0.15, -0.1) is 0 Å². The predicted molar refractivity (Wildman–Crippen MR) is 63.0 cm³/mol. The fourth-order valence-electron chi connectivity index (χ4n) is 2.19. The van der Waals surface area contributed by atoms with E-state index in [4.69, 9.17) is 0 Å². The summed E-state index contributed by atoms with van der Waals surface area (Å²) in [6.45, 7) is 4.57. The molecule has 1 heterocycles. The quantitative estimate of drug-likeness (QED) is 0.407. The van der Waals surface area contributed by atoms with Gasteiger partial charge in [-0.1, -0.05) is 6.92 Å². The van der Waals surface area contributed by atoms with E-state index in [2.05, 4.69) is 0 Å². The Morgan fingerprint density at radius 3 is 1.82 bits per heavy atom. The van der Waals surface area contributed by atoms with Gasteiger partial charge in [0.15, 0.2) is 0 Å². The summed E-state index contributed by atoms with van der Waals surface area (Å²) >= 11 is 0. The molecule has 102 valence electrons. The largest absolute Gasteiger partial charge is 0.331 e. The third-order valence-electron chi connectivity index (χ3n) is 3.18. The molecule has 0 aromatic heterocycles. The molecule has 0 saturated carbocycles. The summed E-state index contributed by atoms with van der Waals surface area (Å²) in [5, 5.41) is 0. The van der Waals surface area contributed by atoms with Crippen molar-refractivity contribution in [3.8, 4) is 0 Å². The molecule has 9 heteroatoms. The third kappa shape index (κ3) is 3.86. The molecule has 0 aromatic carbocycles. The molecular formula is C8H19NO6P2. The molecule has 1 fully saturated rings. The van der Waals surface area contributed by atoms with Gasteiger partial charge < -0.3 is 19.6 Å². The molecule has 3 atom stereocenters. The summed E-state index contributed by atoms with van der Waals surface area (Å²) in [5.41, 5.74) is -2.60. The SMILES string of the molecule is CCC(C(C(C)N1CC1)P(=O)(O)O)P(=O)(O)O. The van der Waals surface area contributed by atoms with Crippen molar-refractivity contribution < 1.29 is 28.7 Å². The van der Waals surface area contributed by atoms with E-state index >= 15 is 0 Å². The van der Waals surface area contributed by atoms with Crippen molar-refractivity contribution >= 4 is 15.2 Å². The van der Waals surface area contributed by atoms with Crippen LogP contribution in [0.4, 0.5) is 0 Å². The van der Waals surface area contributed by atoms with Gasteiger partial charge in [-0.05, 0) is 13.3 Å². The van der Waals surface area contributed by atoms with E-state index in [1.165, 1.54) is 6.92 Å². The average Bonchev–Trinajstić information content (AvgIpc) is 2.91. The molecule has 0 spiro atoms. The minimum absolute atomic E-state index is 0.0399. The van der Waals surface area contributed by atoms with Crippen molar-refractivity contribution in [3.05, 3.63) is 0 Å². The first-order valence-corrected chi connectivity index (χ1v) is 8.79. The summed E-state index contributed by atoms with van der Waals surface area (Å²) < 4.78 is 22.8. The Hall–Kier alpha value is 0.260. The van der Waals surface area contributed by atoms with Crippen molar-refractivity contribution in [2.45, 2.75) is 37.6 Å². The Bertz CT molecular complexity index is 359. The second-order valence-electron chi connectivity index (χ2n) is 4.42. The summed E-state index contributed by atoms with van der Waals surface area (Å²) in [6, 6.07) is -0.520. The highest BCUT2D eigenvalue weighted by Crippen LogP contribution is 2.57. The summed E-state index contributed by atoms with van der Waals surface area (Å²) in [5.74, 6) is 0. The van der Waals surface area contributed by atoms with Gasteiger partial charge >= 0.3 is 15.2 Å². The van der Waals surface area contributed by atoms with Crippen LogP contribution in [-0.4, -0.2) is 54.9 Å². The van der Waals surface area contributed by atoms with Gasteiger partial charge in [-0.2, -0.15) is 0 Å². The van der Waals surface area contributed by atoms with Crippen LogP contribution in [0.1, 0.15) is 20.3 Å². The molecular weight excluding hydrogens is 268 g/mol. The van der Waals surface area contributed by atoms with Crippen LogP contribution in [0.3, 0.4) is 0 Å². The first-order valence-electron chi connectivity index (χ1n) is 5.43. The van der Waals surface area contributed by atoms with Gasteiger partial charge in [0.25, 0.3) is 0 Å². The molecule has 7 nitrogen and oxygen atoms in total. The lowest BCUT2D eigenvalue weighted by atomic mass is 10.1. The highest BCUT2D eigenvalue weighted by atomic mass is 31.2. The standard InChI is InChI=1S/C8H19NO6P2/c1-3-7(16(10,11)12)8(17(13,14)15)6(2)9-4-5-9/h6-8H,3-5H2,1-2H3,(H2,10,11,12)(H2,13,14,15). The molecule has 0 bridgehead atoms. The summed E-state index contributed by atoms with van der Waals surface area (Å²) in [7, 11) is -9.06. The van der Waals surface area contributed by atoms with Crippen molar-refractivity contribution in [2.24, 2.45) is 0 Å². The predicted octanol–water partition coefficient (Wildman–Crippen LogP) is 0.193. The van der Waals surface area contributed by atoms with E-state index in [1.807, 2.05) is 0 Å². The second-order valence-corrected chi connectivity index (χ2v) is 8.04. The van der Waals surface area contributed by atoms with E-state index < -0.39 is 32.6 Å². The lowest BCUT2D eigenvalue weighted by Gasteiger charge is -2.32. The number of hydrogen-bond donors (Lipinski definition) is 4. The molecule has 0 aliphatic carbocycles. The Kier molecular flexibility index (Phi) is 4.59. The van der Waals surface area contributed by atoms with E-state index in [1.54, 1.807) is 11.8 Å². The maximum Gasteiger partial charge on any atom is 0.331 e. The van der Waals surface area contributed by atoms with Crippen LogP contribution in [0.5, 0.6) is 0 Å². The second kappa shape index (κ2) is 5.10. The van der Waals surface area contributed by atoms with Crippen molar-refractivity contribution in [1.82, 2.24) is 4.90 Å². The van der Waals surface area contributed by atoms with Crippen molar-refractivity contribution in [1.29, 1.82) is 0 Å². The normalized spacial score (nSPS) is 23.2. The van der Waals surface area contributed by atoms with Gasteiger partial charge in [0.2, 0.25) is 0 Å². The topological polar surface area (TPSA) is 118 Å². The molecule has 0 radical (unpaired) electrons. The molecule has 1 aliphatic heterocycles. The van der Waals surface area contributed by atoms with Crippen LogP contribution in [0, 0.1) is 0 Å². The lowest BCUT2D eigenvalue weighted by Crippen LogP contribution is -2.39. The molecule has 1 saturated heterocycles. The maximum absolute atomic E-state index is 11.5. The van der Waals surface area contributed by atoms with Gasteiger partial charge in [-0.25, -0.2) is 0 Å². The number of rotatable bonds is 6. The van der Waals surface area contributed by atoms with Gasteiger partial charge in [-0.3, -0.25) is 14.0 Å². The average molecular weight is 287 g/mol. The van der Waals surface area contributed by atoms with Crippen molar-refractivity contribution in [2.75, 3.05) is 13.1 Å². The zero-order valence-corrected chi connectivity index (χ0v) is 11.6. The highest BCUT2D eigenvalue weighted by Gasteiger charge is 2.49. The fraction of sp³-hybridized carbons (Fsp3) is 1.00. The zero-order chi connectivity index (χ0) is 13.4. The molecule has 3 unspecified atom stereocenters. The maximum atomic E-state index is 11.5. The number of nitrogens with zero attached hydrogens (tertiary/aromatic N) is 1. The van der Waals surface area contributed by atoms with E-state index in [-0.39, 0.29) is 6.42 Å². The Morgan fingerprint density at radius 2 is 1.59 bits per heavy atom. The minimum atomic E-state index is -4.55. The molecule has 0 amide bonds. The monoisotopic (exact) mass is 287 g/mol. The Balaban J connectivity index is 3.04. The van der Waals surface area contributed by atoms with Crippen LogP contribution < -0.4 is 0 Å². The summed E-state index contributed by atoms with van der Waals surface area (Å²) in [4.78, 5) is 38.9. The van der Waals surface area contributed by atoms with Crippen molar-refractivity contribution in [3.63, 3.8) is 0 Å². The molecule has 17 heavy (non-hydrogen) atoms. The Morgan fingerprint density at radius 1 is 1.12 bits per heavy atom.